The number of carbonyl (C=O) groups excluding carboxylic acids is 1. The third-order valence-electron chi connectivity index (χ3n) is 6.77. The monoisotopic (exact) mass is 449 g/mol. The molecule has 1 aromatic heterocycles. The number of aromatic nitrogens is 1. The molecule has 176 valence electrons. The highest BCUT2D eigenvalue weighted by atomic mass is 16.5. The van der Waals surface area contributed by atoms with Crippen molar-refractivity contribution in [3.63, 3.8) is 0 Å². The van der Waals surface area contributed by atoms with Crippen molar-refractivity contribution in [2.45, 2.75) is 32.6 Å². The Bertz CT molecular complexity index is 1140. The second-order valence-corrected chi connectivity index (χ2v) is 9.54. The van der Waals surface area contributed by atoms with E-state index in [0.717, 1.165) is 34.1 Å². The summed E-state index contributed by atoms with van der Waals surface area (Å²) in [6.07, 6.45) is -0.0489. The van der Waals surface area contributed by atoms with E-state index in [2.05, 4.69) is 36.1 Å². The van der Waals surface area contributed by atoms with Crippen molar-refractivity contribution in [2.24, 2.45) is 13.0 Å². The lowest BCUT2D eigenvalue weighted by molar-refractivity contribution is -0.0201. The van der Waals surface area contributed by atoms with E-state index < -0.39 is 0 Å². The van der Waals surface area contributed by atoms with Crippen LogP contribution in [0.15, 0.2) is 48.5 Å². The van der Waals surface area contributed by atoms with E-state index >= 15 is 0 Å². The Balaban J connectivity index is 1.97. The second kappa shape index (κ2) is 9.67. The van der Waals surface area contributed by atoms with Crippen molar-refractivity contribution >= 4 is 16.8 Å². The molecule has 3 aromatic rings. The lowest BCUT2D eigenvalue weighted by Gasteiger charge is -2.34. The van der Waals surface area contributed by atoms with Gasteiger partial charge in [0, 0.05) is 42.5 Å². The average Bonchev–Trinajstić information content (AvgIpc) is 3.10. The zero-order valence-electron chi connectivity index (χ0n) is 20.3. The van der Waals surface area contributed by atoms with E-state index in [-0.39, 0.29) is 30.6 Å². The molecule has 0 radical (unpaired) electrons. The Labute approximate surface area is 196 Å². The van der Waals surface area contributed by atoms with Crippen LogP contribution < -0.4 is 0 Å². The fraction of sp³-hybridized carbons (Fsp3) is 0.444. The minimum Gasteiger partial charge on any atom is -0.394 e. The van der Waals surface area contributed by atoms with Gasteiger partial charge in [-0.25, -0.2) is 0 Å². The highest BCUT2D eigenvalue weighted by Gasteiger charge is 2.33. The molecule has 6 nitrogen and oxygen atoms in total. The molecule has 0 saturated heterocycles. The SMILES string of the molecule is C[C@H]1CN([C@@H](C)CO)C(=O)c2c(c3ccccc3n2C)-c2ccccc2CO[C@H]1CN(C)C. The van der Waals surface area contributed by atoms with Gasteiger partial charge in [0.25, 0.3) is 5.91 Å². The van der Waals surface area contributed by atoms with Gasteiger partial charge in [-0.05, 0) is 38.2 Å². The average molecular weight is 450 g/mol. The number of para-hydroxylation sites is 1. The Morgan fingerprint density at radius 2 is 1.85 bits per heavy atom. The van der Waals surface area contributed by atoms with Gasteiger partial charge < -0.3 is 24.2 Å². The fourth-order valence-electron chi connectivity index (χ4n) is 4.89. The Morgan fingerprint density at radius 1 is 1.15 bits per heavy atom. The number of ether oxygens (including phenoxy) is 1. The molecule has 1 aliphatic rings. The van der Waals surface area contributed by atoms with Crippen molar-refractivity contribution in [1.29, 1.82) is 0 Å². The maximum absolute atomic E-state index is 14.2. The molecular formula is C27H35N3O3. The number of nitrogens with zero attached hydrogens (tertiary/aromatic N) is 3. The van der Waals surface area contributed by atoms with Gasteiger partial charge in [0.15, 0.2) is 0 Å². The number of aryl methyl sites for hydroxylation is 1. The molecule has 2 aromatic carbocycles. The van der Waals surface area contributed by atoms with Crippen LogP contribution in [0.5, 0.6) is 0 Å². The lowest BCUT2D eigenvalue weighted by Crippen LogP contribution is -2.47. The molecule has 1 amide bonds. The minimum atomic E-state index is -0.304. The molecule has 0 aliphatic carbocycles. The van der Waals surface area contributed by atoms with E-state index in [4.69, 9.17) is 4.74 Å². The number of fused-ring (bicyclic) bond motifs is 5. The first-order valence-electron chi connectivity index (χ1n) is 11.7. The van der Waals surface area contributed by atoms with Gasteiger partial charge >= 0.3 is 0 Å². The molecular weight excluding hydrogens is 414 g/mol. The molecule has 1 aliphatic heterocycles. The van der Waals surface area contributed by atoms with Crippen LogP contribution in [0, 0.1) is 5.92 Å². The number of benzene rings is 2. The first-order chi connectivity index (χ1) is 15.8. The number of aliphatic hydroxyl groups is 1. The Kier molecular flexibility index (Phi) is 6.88. The fourth-order valence-corrected chi connectivity index (χ4v) is 4.89. The molecule has 6 heteroatoms. The number of aliphatic hydroxyl groups excluding tert-OH is 1. The van der Waals surface area contributed by atoms with Crippen LogP contribution in [0.3, 0.4) is 0 Å². The Hall–Kier alpha value is -2.67. The molecule has 0 bridgehead atoms. The third-order valence-corrected chi connectivity index (χ3v) is 6.77. The summed E-state index contributed by atoms with van der Waals surface area (Å²) >= 11 is 0. The van der Waals surface area contributed by atoms with Crippen LogP contribution in [0.2, 0.25) is 0 Å². The number of likely N-dealkylation sites (N-methyl/N-ethyl adjacent to an activating group) is 1. The van der Waals surface area contributed by atoms with E-state index in [0.29, 0.717) is 18.8 Å². The van der Waals surface area contributed by atoms with Crippen molar-refractivity contribution < 1.29 is 14.6 Å². The maximum atomic E-state index is 14.2. The van der Waals surface area contributed by atoms with Gasteiger partial charge in [-0.1, -0.05) is 49.4 Å². The zero-order valence-corrected chi connectivity index (χ0v) is 20.3. The number of carbonyl (C=O) groups is 1. The molecule has 33 heavy (non-hydrogen) atoms. The first-order valence-corrected chi connectivity index (χ1v) is 11.7. The quantitative estimate of drug-likeness (QED) is 0.659. The van der Waals surface area contributed by atoms with Crippen LogP contribution in [-0.4, -0.2) is 71.3 Å². The third kappa shape index (κ3) is 4.43. The lowest BCUT2D eigenvalue weighted by atomic mass is 9.96. The summed E-state index contributed by atoms with van der Waals surface area (Å²) in [6.45, 7) is 5.69. The van der Waals surface area contributed by atoms with Gasteiger partial charge in [0.2, 0.25) is 0 Å². The summed E-state index contributed by atoms with van der Waals surface area (Å²) in [6, 6.07) is 16.1. The second-order valence-electron chi connectivity index (χ2n) is 9.54. The summed E-state index contributed by atoms with van der Waals surface area (Å²) in [5.41, 5.74) is 4.70. The summed E-state index contributed by atoms with van der Waals surface area (Å²) < 4.78 is 8.51. The van der Waals surface area contributed by atoms with E-state index in [1.807, 2.05) is 61.8 Å². The van der Waals surface area contributed by atoms with E-state index in [9.17, 15) is 9.90 Å². The minimum absolute atomic E-state index is 0.0489. The molecule has 2 heterocycles. The molecule has 0 unspecified atom stereocenters. The number of rotatable bonds is 4. The topological polar surface area (TPSA) is 57.9 Å². The van der Waals surface area contributed by atoms with Crippen molar-refractivity contribution in [3.05, 3.63) is 59.8 Å². The maximum Gasteiger partial charge on any atom is 0.271 e. The van der Waals surface area contributed by atoms with Gasteiger partial charge in [-0.3, -0.25) is 4.79 Å². The molecule has 1 N–H and O–H groups in total. The van der Waals surface area contributed by atoms with Crippen molar-refractivity contribution in [1.82, 2.24) is 14.4 Å². The van der Waals surface area contributed by atoms with E-state index in [1.165, 1.54) is 0 Å². The van der Waals surface area contributed by atoms with Gasteiger partial charge in [0.05, 0.1) is 25.4 Å². The van der Waals surface area contributed by atoms with Crippen LogP contribution in [-0.2, 0) is 18.4 Å². The largest absolute Gasteiger partial charge is 0.394 e. The zero-order chi connectivity index (χ0) is 23.7. The van der Waals surface area contributed by atoms with E-state index in [1.54, 1.807) is 0 Å². The smallest absolute Gasteiger partial charge is 0.271 e. The van der Waals surface area contributed by atoms with Crippen LogP contribution in [0.4, 0.5) is 0 Å². The van der Waals surface area contributed by atoms with Gasteiger partial charge in [-0.15, -0.1) is 0 Å². The first kappa shape index (κ1) is 23.5. The number of hydrogen-bond donors (Lipinski definition) is 1. The summed E-state index contributed by atoms with van der Waals surface area (Å²) in [7, 11) is 6.03. The number of hydrogen-bond acceptors (Lipinski definition) is 4. The van der Waals surface area contributed by atoms with Crippen molar-refractivity contribution in [2.75, 3.05) is 33.8 Å². The molecule has 0 saturated carbocycles. The standard InChI is InChI=1S/C27H35N3O3/c1-18-14-30(19(2)16-31)27(32)26-25(22-12-8-9-13-23(22)29(26)5)21-11-7-6-10-20(21)17-33-24(18)15-28(3)4/h6-13,18-19,24,31H,14-17H2,1-5H3/t18-,19-,24-/m0/s1. The summed E-state index contributed by atoms with van der Waals surface area (Å²) in [5.74, 6) is 0.0335. The van der Waals surface area contributed by atoms with Crippen LogP contribution in [0.25, 0.3) is 22.0 Å². The molecule has 0 fully saturated rings. The number of amides is 1. The van der Waals surface area contributed by atoms with Crippen LogP contribution >= 0.6 is 0 Å². The van der Waals surface area contributed by atoms with Crippen LogP contribution in [0.1, 0.15) is 29.9 Å². The molecule has 3 atom stereocenters. The highest BCUT2D eigenvalue weighted by molar-refractivity contribution is 6.10. The Morgan fingerprint density at radius 3 is 2.58 bits per heavy atom. The normalized spacial score (nSPS) is 20.5. The van der Waals surface area contributed by atoms with Gasteiger partial charge in [0.1, 0.15) is 5.69 Å². The summed E-state index contributed by atoms with van der Waals surface area (Å²) in [4.78, 5) is 18.1. The molecule has 4 rings (SSSR count). The highest BCUT2D eigenvalue weighted by Crippen LogP contribution is 2.38. The summed E-state index contributed by atoms with van der Waals surface area (Å²) in [5, 5.41) is 11.1. The molecule has 0 spiro atoms. The van der Waals surface area contributed by atoms with Crippen molar-refractivity contribution in [3.8, 4) is 11.1 Å². The predicted molar refractivity (Wildman–Crippen MR) is 132 cm³/mol. The predicted octanol–water partition coefficient (Wildman–Crippen LogP) is 3.76. The van der Waals surface area contributed by atoms with Gasteiger partial charge in [-0.2, -0.15) is 0 Å².